The molecule has 1 heterocycles. The topological polar surface area (TPSA) is 88.7 Å². The summed E-state index contributed by atoms with van der Waals surface area (Å²) in [4.78, 5) is 17.4. The van der Waals surface area contributed by atoms with Crippen molar-refractivity contribution in [2.45, 2.75) is 32.5 Å². The molecular formula is C19H25N3O3. The molecule has 1 aromatic carbocycles. The van der Waals surface area contributed by atoms with E-state index in [2.05, 4.69) is 16.8 Å². The second-order valence-electron chi connectivity index (χ2n) is 5.87. The Kier molecular flexibility index (Phi) is 7.37. The maximum absolute atomic E-state index is 10.9. The van der Waals surface area contributed by atoms with E-state index in [1.165, 1.54) is 0 Å². The molecule has 134 valence electrons. The van der Waals surface area contributed by atoms with Gasteiger partial charge in [-0.05, 0) is 36.2 Å². The monoisotopic (exact) mass is 343 g/mol. The lowest BCUT2D eigenvalue weighted by molar-refractivity contribution is -0.119. The van der Waals surface area contributed by atoms with Gasteiger partial charge >= 0.3 is 0 Å². The molecule has 1 atom stereocenters. The van der Waals surface area contributed by atoms with Crippen LogP contribution in [0.2, 0.25) is 0 Å². The third-order valence-corrected chi connectivity index (χ3v) is 3.95. The van der Waals surface area contributed by atoms with Crippen molar-refractivity contribution in [1.82, 2.24) is 9.88 Å². The van der Waals surface area contributed by atoms with E-state index < -0.39 is 5.91 Å². The first-order valence-corrected chi connectivity index (χ1v) is 8.37. The van der Waals surface area contributed by atoms with Crippen molar-refractivity contribution in [3.05, 3.63) is 59.9 Å². The number of hydrogen-bond donors (Lipinski definition) is 2. The van der Waals surface area contributed by atoms with Gasteiger partial charge in [0.2, 0.25) is 0 Å². The van der Waals surface area contributed by atoms with E-state index in [1.807, 2.05) is 36.4 Å². The summed E-state index contributed by atoms with van der Waals surface area (Å²) < 4.78 is 5.37. The van der Waals surface area contributed by atoms with Crippen molar-refractivity contribution in [1.29, 1.82) is 0 Å². The summed E-state index contributed by atoms with van der Waals surface area (Å²) in [7, 11) is 0. The van der Waals surface area contributed by atoms with Gasteiger partial charge in [0.05, 0.1) is 12.3 Å². The molecule has 6 nitrogen and oxygen atoms in total. The number of carbonyl (C=O) groups excluding carboxylic acids is 1. The number of nitrogens with zero attached hydrogens (tertiary/aromatic N) is 2. The summed E-state index contributed by atoms with van der Waals surface area (Å²) in [5, 5.41) is 9.71. The molecule has 6 heteroatoms. The van der Waals surface area contributed by atoms with E-state index >= 15 is 0 Å². The minimum Gasteiger partial charge on any atom is -0.484 e. The van der Waals surface area contributed by atoms with Crippen LogP contribution in [-0.2, 0) is 17.9 Å². The largest absolute Gasteiger partial charge is 0.484 e. The molecule has 2 aromatic rings. The van der Waals surface area contributed by atoms with Crippen LogP contribution in [0.25, 0.3) is 0 Å². The first-order chi connectivity index (χ1) is 12.1. The van der Waals surface area contributed by atoms with Crippen molar-refractivity contribution in [2.24, 2.45) is 5.73 Å². The highest BCUT2D eigenvalue weighted by atomic mass is 16.5. The number of ether oxygens (including phenoxy) is 1. The number of aromatic nitrogens is 1. The fraction of sp³-hybridized carbons (Fsp3) is 0.368. The molecule has 0 fully saturated rings. The maximum Gasteiger partial charge on any atom is 0.255 e. The van der Waals surface area contributed by atoms with Gasteiger partial charge in [-0.2, -0.15) is 0 Å². The summed E-state index contributed by atoms with van der Waals surface area (Å²) in [6.07, 6.45) is 2.60. The molecule has 0 unspecified atom stereocenters. The van der Waals surface area contributed by atoms with Crippen LogP contribution in [0.15, 0.2) is 48.7 Å². The average molecular weight is 343 g/mol. The van der Waals surface area contributed by atoms with E-state index in [0.717, 1.165) is 17.7 Å². The van der Waals surface area contributed by atoms with Crippen molar-refractivity contribution < 1.29 is 14.6 Å². The highest BCUT2D eigenvalue weighted by Gasteiger charge is 2.17. The van der Waals surface area contributed by atoms with Crippen LogP contribution in [0.1, 0.15) is 24.6 Å². The van der Waals surface area contributed by atoms with Gasteiger partial charge in [0, 0.05) is 25.3 Å². The number of rotatable bonds is 10. The fourth-order valence-electron chi connectivity index (χ4n) is 2.64. The molecule has 3 N–H and O–H groups in total. The number of hydrogen-bond acceptors (Lipinski definition) is 5. The van der Waals surface area contributed by atoms with E-state index in [4.69, 9.17) is 10.5 Å². The van der Waals surface area contributed by atoms with Crippen molar-refractivity contribution in [2.75, 3.05) is 13.2 Å². The second kappa shape index (κ2) is 9.76. The molecule has 1 aromatic heterocycles. The van der Waals surface area contributed by atoms with Crippen LogP contribution in [0.5, 0.6) is 5.75 Å². The number of primary amides is 1. The minimum absolute atomic E-state index is 0.0391. The summed E-state index contributed by atoms with van der Waals surface area (Å²) in [6.45, 7) is 3.28. The smallest absolute Gasteiger partial charge is 0.255 e. The van der Waals surface area contributed by atoms with Gasteiger partial charge in [-0.25, -0.2) is 0 Å². The Hall–Kier alpha value is -2.44. The first kappa shape index (κ1) is 18.9. The number of aliphatic hydroxyl groups is 1. The average Bonchev–Trinajstić information content (AvgIpc) is 2.62. The highest BCUT2D eigenvalue weighted by Crippen LogP contribution is 2.18. The molecule has 0 aliphatic heterocycles. The van der Waals surface area contributed by atoms with Crippen molar-refractivity contribution in [3.63, 3.8) is 0 Å². The lowest BCUT2D eigenvalue weighted by atomic mass is 10.1. The second-order valence-corrected chi connectivity index (χ2v) is 5.87. The highest BCUT2D eigenvalue weighted by molar-refractivity contribution is 5.75. The van der Waals surface area contributed by atoms with Gasteiger partial charge in [-0.1, -0.05) is 25.1 Å². The van der Waals surface area contributed by atoms with Crippen LogP contribution in [-0.4, -0.2) is 40.2 Å². The standard InChI is InChI=1S/C19H25N3O3/c1-2-17(13-23)22(12-16-7-3-4-9-21-16)11-15-6-5-8-18(10-15)25-14-19(20)24/h3-10,17,23H,2,11-14H2,1H3,(H2,20,24)/t17-/m0/s1. The van der Waals surface area contributed by atoms with Crippen molar-refractivity contribution >= 4 is 5.91 Å². The SMILES string of the molecule is CC[C@@H](CO)N(Cc1cccc(OCC(N)=O)c1)Cc1ccccn1. The maximum atomic E-state index is 10.9. The third kappa shape index (κ3) is 6.17. The van der Waals surface area contributed by atoms with Gasteiger partial charge in [0.1, 0.15) is 5.75 Å². The molecule has 0 aliphatic rings. The molecule has 0 saturated heterocycles. The molecule has 0 radical (unpaired) electrons. The van der Waals surface area contributed by atoms with Crippen molar-refractivity contribution in [3.8, 4) is 5.75 Å². The summed E-state index contributed by atoms with van der Waals surface area (Å²) in [5.41, 5.74) is 7.10. The number of amides is 1. The number of pyridine rings is 1. The first-order valence-electron chi connectivity index (χ1n) is 8.37. The lowest BCUT2D eigenvalue weighted by Crippen LogP contribution is -2.36. The van der Waals surface area contributed by atoms with Gasteiger partial charge in [0.15, 0.2) is 6.61 Å². The third-order valence-electron chi connectivity index (χ3n) is 3.95. The summed E-state index contributed by atoms with van der Waals surface area (Å²) in [6, 6.07) is 13.4. The Morgan fingerprint density at radius 2 is 2.12 bits per heavy atom. The zero-order valence-electron chi connectivity index (χ0n) is 14.5. The van der Waals surface area contributed by atoms with E-state index in [-0.39, 0.29) is 19.3 Å². The quantitative estimate of drug-likeness (QED) is 0.686. The van der Waals surface area contributed by atoms with Crippen LogP contribution >= 0.6 is 0 Å². The number of benzene rings is 1. The Balaban J connectivity index is 2.12. The molecular weight excluding hydrogens is 318 g/mol. The number of nitrogens with two attached hydrogens (primary N) is 1. The lowest BCUT2D eigenvalue weighted by Gasteiger charge is -2.29. The molecule has 2 rings (SSSR count). The van der Waals surface area contributed by atoms with Gasteiger partial charge < -0.3 is 15.6 Å². The summed E-state index contributed by atoms with van der Waals surface area (Å²) in [5.74, 6) is 0.0969. The van der Waals surface area contributed by atoms with Crippen LogP contribution < -0.4 is 10.5 Å². The van der Waals surface area contributed by atoms with Gasteiger partial charge in [-0.15, -0.1) is 0 Å². The Labute approximate surface area is 148 Å². The van der Waals surface area contributed by atoms with Gasteiger partial charge in [-0.3, -0.25) is 14.7 Å². The Bertz CT molecular complexity index is 660. The molecule has 0 bridgehead atoms. The predicted molar refractivity (Wildman–Crippen MR) is 95.8 cm³/mol. The van der Waals surface area contributed by atoms with E-state index in [9.17, 15) is 9.90 Å². The Morgan fingerprint density at radius 3 is 2.76 bits per heavy atom. The van der Waals surface area contributed by atoms with Crippen LogP contribution in [0.4, 0.5) is 0 Å². The molecule has 0 aliphatic carbocycles. The molecule has 1 amide bonds. The Morgan fingerprint density at radius 1 is 1.28 bits per heavy atom. The summed E-state index contributed by atoms with van der Waals surface area (Å²) >= 11 is 0. The van der Waals surface area contributed by atoms with Crippen LogP contribution in [0, 0.1) is 0 Å². The minimum atomic E-state index is -0.506. The van der Waals surface area contributed by atoms with Crippen LogP contribution in [0.3, 0.4) is 0 Å². The van der Waals surface area contributed by atoms with E-state index in [1.54, 1.807) is 12.3 Å². The number of aliphatic hydroxyl groups excluding tert-OH is 1. The predicted octanol–water partition coefficient (Wildman–Crippen LogP) is 1.72. The normalized spacial score (nSPS) is 12.1. The molecule has 0 spiro atoms. The zero-order valence-corrected chi connectivity index (χ0v) is 14.5. The molecule has 25 heavy (non-hydrogen) atoms. The molecule has 0 saturated carbocycles. The zero-order chi connectivity index (χ0) is 18.1. The number of carbonyl (C=O) groups is 1. The van der Waals surface area contributed by atoms with E-state index in [0.29, 0.717) is 18.8 Å². The fourth-order valence-corrected chi connectivity index (χ4v) is 2.64. The van der Waals surface area contributed by atoms with Gasteiger partial charge in [0.25, 0.3) is 5.91 Å².